The Kier molecular flexibility index (Phi) is 4.42. The predicted molar refractivity (Wildman–Crippen MR) is 110 cm³/mol. The lowest BCUT2D eigenvalue weighted by Crippen LogP contribution is -2.64. The first kappa shape index (κ1) is 18.6. The molecule has 30 heavy (non-hydrogen) atoms. The van der Waals surface area contributed by atoms with E-state index in [2.05, 4.69) is 4.58 Å². The Morgan fingerprint density at radius 1 is 1.23 bits per heavy atom. The fourth-order valence-electron chi connectivity index (χ4n) is 4.40. The van der Waals surface area contributed by atoms with Crippen molar-refractivity contribution in [1.29, 1.82) is 0 Å². The summed E-state index contributed by atoms with van der Waals surface area (Å²) in [5.74, 6) is 1.87. The number of urea groups is 1. The molecule has 1 unspecified atom stereocenters. The molecule has 1 saturated heterocycles. The zero-order valence-corrected chi connectivity index (χ0v) is 17.1. The first-order chi connectivity index (χ1) is 14.5. The van der Waals surface area contributed by atoms with Crippen LogP contribution in [0.1, 0.15) is 23.3 Å². The maximum absolute atomic E-state index is 13.4. The molecule has 1 aromatic carbocycles. The number of imide groups is 1. The Morgan fingerprint density at radius 3 is 2.87 bits per heavy atom. The van der Waals surface area contributed by atoms with E-state index in [0.717, 1.165) is 42.4 Å². The van der Waals surface area contributed by atoms with Crippen molar-refractivity contribution in [2.75, 3.05) is 20.1 Å². The zero-order valence-electron chi connectivity index (χ0n) is 17.1. The number of benzene rings is 1. The number of hydrogen-bond donors (Lipinski definition) is 0. The topological polar surface area (TPSA) is 72.4 Å². The van der Waals surface area contributed by atoms with Crippen LogP contribution in [0, 0.1) is 6.92 Å². The molecule has 1 atom stereocenters. The molecule has 1 aromatic heterocycles. The predicted octanol–water partition coefficient (Wildman–Crippen LogP) is 2.04. The molecule has 3 aliphatic heterocycles. The fraction of sp³-hybridized carbons (Fsp3) is 0.364. The van der Waals surface area contributed by atoms with Gasteiger partial charge in [-0.15, -0.1) is 0 Å². The second-order valence-electron chi connectivity index (χ2n) is 7.98. The van der Waals surface area contributed by atoms with E-state index in [9.17, 15) is 9.59 Å². The summed E-state index contributed by atoms with van der Waals surface area (Å²) in [5.41, 5.74) is 2.03. The molecule has 1 fully saturated rings. The van der Waals surface area contributed by atoms with Crippen LogP contribution in [-0.2, 0) is 17.9 Å². The number of aliphatic imine (C=N–C) groups is 1. The number of furan rings is 1. The van der Waals surface area contributed by atoms with Crippen molar-refractivity contribution in [2.45, 2.75) is 32.5 Å². The normalized spacial score (nSPS) is 21.2. The smallest absolute Gasteiger partial charge is 0.392 e. The van der Waals surface area contributed by atoms with Gasteiger partial charge in [0.25, 0.3) is 5.91 Å². The summed E-state index contributed by atoms with van der Waals surface area (Å²) in [5, 5.41) is 0. The summed E-state index contributed by atoms with van der Waals surface area (Å²) in [6, 6.07) is 10.8. The number of nitrogens with zero attached hydrogens (tertiary/aromatic N) is 5. The molecular formula is C22H24N5O3+. The summed E-state index contributed by atoms with van der Waals surface area (Å²) in [6.45, 7) is 4.40. The third-order valence-corrected chi connectivity index (χ3v) is 5.85. The van der Waals surface area contributed by atoms with Gasteiger partial charge in [-0.25, -0.2) is 9.69 Å². The summed E-state index contributed by atoms with van der Waals surface area (Å²) >= 11 is 0. The van der Waals surface area contributed by atoms with Crippen molar-refractivity contribution in [3.8, 4) is 0 Å². The van der Waals surface area contributed by atoms with Crippen LogP contribution in [0.15, 0.2) is 52.1 Å². The van der Waals surface area contributed by atoms with E-state index in [4.69, 9.17) is 9.41 Å². The molecule has 3 aliphatic rings. The molecule has 0 saturated carbocycles. The molecule has 154 valence electrons. The molecule has 0 aliphatic carbocycles. The number of rotatable bonds is 4. The Morgan fingerprint density at radius 2 is 2.10 bits per heavy atom. The number of guanidine groups is 1. The molecule has 0 bridgehead atoms. The molecule has 8 heteroatoms. The van der Waals surface area contributed by atoms with Gasteiger partial charge >= 0.3 is 12.0 Å². The van der Waals surface area contributed by atoms with E-state index in [0.29, 0.717) is 12.4 Å². The summed E-state index contributed by atoms with van der Waals surface area (Å²) in [6.07, 6.45) is 2.56. The van der Waals surface area contributed by atoms with Crippen LogP contribution in [0.2, 0.25) is 0 Å². The number of carbonyl (C=O) groups excluding carboxylic acids is 2. The number of amidine groups is 1. The fourth-order valence-corrected chi connectivity index (χ4v) is 4.40. The third-order valence-electron chi connectivity index (χ3n) is 5.85. The Hall–Kier alpha value is -3.42. The lowest BCUT2D eigenvalue weighted by atomic mass is 10.1. The summed E-state index contributed by atoms with van der Waals surface area (Å²) < 4.78 is 7.61. The van der Waals surface area contributed by atoms with Gasteiger partial charge in [-0.2, -0.15) is 0 Å². The highest BCUT2D eigenvalue weighted by Crippen LogP contribution is 2.27. The maximum Gasteiger partial charge on any atom is 0.392 e. The molecule has 0 N–H and O–H groups in total. The Balaban J connectivity index is 1.47. The molecule has 2 aromatic rings. The first-order valence-corrected chi connectivity index (χ1v) is 10.2. The van der Waals surface area contributed by atoms with Gasteiger partial charge in [-0.3, -0.25) is 19.2 Å². The Labute approximate surface area is 174 Å². The zero-order chi connectivity index (χ0) is 20.8. The molecular weight excluding hydrogens is 382 g/mol. The highest BCUT2D eigenvalue weighted by molar-refractivity contribution is 6.25. The molecule has 0 radical (unpaired) electrons. The van der Waals surface area contributed by atoms with E-state index in [1.165, 1.54) is 9.80 Å². The first-order valence-electron chi connectivity index (χ1n) is 10.2. The van der Waals surface area contributed by atoms with Crippen molar-refractivity contribution in [3.05, 3.63) is 59.5 Å². The van der Waals surface area contributed by atoms with Gasteiger partial charge in [0.05, 0.1) is 25.9 Å². The minimum atomic E-state index is -0.563. The van der Waals surface area contributed by atoms with Crippen molar-refractivity contribution in [2.24, 2.45) is 4.99 Å². The molecule has 5 rings (SSSR count). The van der Waals surface area contributed by atoms with Gasteiger partial charge in [0.15, 0.2) is 0 Å². The van der Waals surface area contributed by atoms with Gasteiger partial charge in [0, 0.05) is 13.5 Å². The second-order valence-corrected chi connectivity index (χ2v) is 7.98. The highest BCUT2D eigenvalue weighted by Gasteiger charge is 2.56. The number of amides is 3. The van der Waals surface area contributed by atoms with E-state index in [1.54, 1.807) is 13.3 Å². The van der Waals surface area contributed by atoms with Gasteiger partial charge < -0.3 is 4.42 Å². The van der Waals surface area contributed by atoms with Crippen LogP contribution >= 0.6 is 0 Å². The van der Waals surface area contributed by atoms with Crippen LogP contribution in [-0.4, -0.2) is 69.2 Å². The highest BCUT2D eigenvalue weighted by atomic mass is 16.3. The second kappa shape index (κ2) is 7.12. The molecule has 0 spiro atoms. The maximum atomic E-state index is 13.4. The van der Waals surface area contributed by atoms with Gasteiger partial charge in [0.2, 0.25) is 11.9 Å². The van der Waals surface area contributed by atoms with Crippen LogP contribution < -0.4 is 0 Å². The minimum Gasteiger partial charge on any atom is -0.466 e. The lowest BCUT2D eigenvalue weighted by molar-refractivity contribution is -0.556. The van der Waals surface area contributed by atoms with Gasteiger partial charge in [-0.05, 0) is 24.6 Å². The van der Waals surface area contributed by atoms with E-state index in [1.807, 2.05) is 48.2 Å². The molecule has 8 nitrogen and oxygen atoms in total. The van der Waals surface area contributed by atoms with E-state index < -0.39 is 6.04 Å². The SMILES string of the molecule is Cc1cccc(CN2C(=O)C3C(=NC4=[N+](Cc5ccco5)CCCN43)N(C)C2=O)c1. The molecule has 4 heterocycles. The monoisotopic (exact) mass is 406 g/mol. The largest absolute Gasteiger partial charge is 0.466 e. The minimum absolute atomic E-state index is 0.215. The van der Waals surface area contributed by atoms with E-state index in [-0.39, 0.29) is 18.5 Å². The number of hydrogen-bond acceptors (Lipinski definition) is 5. The van der Waals surface area contributed by atoms with Crippen molar-refractivity contribution >= 4 is 23.7 Å². The van der Waals surface area contributed by atoms with E-state index >= 15 is 0 Å². The summed E-state index contributed by atoms with van der Waals surface area (Å²) in [7, 11) is 1.69. The Bertz CT molecular complexity index is 1070. The number of aryl methyl sites for hydroxylation is 1. The summed E-state index contributed by atoms with van der Waals surface area (Å²) in [4.78, 5) is 36.1. The van der Waals surface area contributed by atoms with Gasteiger partial charge in [0.1, 0.15) is 12.3 Å². The third kappa shape index (κ3) is 2.99. The number of likely N-dealkylation sites (N-methyl/N-ethyl adjacent to an activating group) is 1. The quantitative estimate of drug-likeness (QED) is 0.729. The average Bonchev–Trinajstić information content (AvgIpc) is 3.38. The molecule has 3 amide bonds. The van der Waals surface area contributed by atoms with Crippen LogP contribution in [0.4, 0.5) is 4.79 Å². The average molecular weight is 406 g/mol. The standard InChI is InChI=1S/C22H24N5O3/c1-15-6-3-7-16(12-15)13-27-20(28)18-19(24(2)22(27)29)23-21-25(9-5-10-26(18)21)14-17-8-4-11-30-17/h3-4,6-8,11-12,18H,5,9-10,13-14H2,1-2H3/q+1. The number of carbonyl (C=O) groups is 2. The van der Waals surface area contributed by atoms with Crippen molar-refractivity contribution in [1.82, 2.24) is 14.7 Å². The van der Waals surface area contributed by atoms with Crippen molar-refractivity contribution in [3.63, 3.8) is 0 Å². The van der Waals surface area contributed by atoms with Crippen molar-refractivity contribution < 1.29 is 18.6 Å². The number of fused-ring (bicyclic) bond motifs is 3. The van der Waals surface area contributed by atoms with Crippen LogP contribution in [0.5, 0.6) is 0 Å². The van der Waals surface area contributed by atoms with Crippen LogP contribution in [0.3, 0.4) is 0 Å². The van der Waals surface area contributed by atoms with Crippen LogP contribution in [0.25, 0.3) is 0 Å². The lowest BCUT2D eigenvalue weighted by Gasteiger charge is -2.35. The van der Waals surface area contributed by atoms with Gasteiger partial charge in [-0.1, -0.05) is 34.8 Å².